The summed E-state index contributed by atoms with van der Waals surface area (Å²) in [5.41, 5.74) is -1.13. The molecule has 0 aliphatic heterocycles. The molecule has 18 heavy (non-hydrogen) atoms. The van der Waals surface area contributed by atoms with Crippen LogP contribution in [0.2, 0.25) is 0 Å². The molecule has 1 aromatic carbocycles. The third kappa shape index (κ3) is 4.22. The predicted octanol–water partition coefficient (Wildman–Crippen LogP) is 3.49. The Balaban J connectivity index is 2.69. The Morgan fingerprint density at radius 1 is 1.22 bits per heavy atom. The smallest absolute Gasteiger partial charge is 0.416 e. The molecular formula is C13H17F3O2. The Labute approximate surface area is 104 Å². The standard InChI is InChI=1S/C13H17F3O2/c1-12(2,3)11(17)8-18-10-6-4-5-9(7-10)13(14,15)16/h4-7,11,17H,8H2,1-3H3. The molecule has 102 valence electrons. The molecule has 0 aliphatic carbocycles. The summed E-state index contributed by atoms with van der Waals surface area (Å²) >= 11 is 0. The van der Waals surface area contributed by atoms with Gasteiger partial charge in [-0.05, 0) is 23.6 Å². The van der Waals surface area contributed by atoms with E-state index in [-0.39, 0.29) is 17.8 Å². The maximum Gasteiger partial charge on any atom is 0.416 e. The highest BCUT2D eigenvalue weighted by Crippen LogP contribution is 2.31. The topological polar surface area (TPSA) is 29.5 Å². The minimum absolute atomic E-state index is 0.0369. The van der Waals surface area contributed by atoms with Crippen LogP contribution in [0.4, 0.5) is 13.2 Å². The summed E-state index contributed by atoms with van der Waals surface area (Å²) in [6.07, 6.45) is -5.13. The van der Waals surface area contributed by atoms with E-state index in [2.05, 4.69) is 0 Å². The SMILES string of the molecule is CC(C)(C)C(O)COc1cccc(C(F)(F)F)c1. The van der Waals surface area contributed by atoms with E-state index in [9.17, 15) is 18.3 Å². The van der Waals surface area contributed by atoms with Crippen molar-refractivity contribution in [1.29, 1.82) is 0 Å². The third-order valence-corrected chi connectivity index (χ3v) is 2.57. The lowest BCUT2D eigenvalue weighted by atomic mass is 9.90. The first-order valence-corrected chi connectivity index (χ1v) is 5.59. The molecule has 0 saturated heterocycles. The van der Waals surface area contributed by atoms with E-state index < -0.39 is 17.8 Å². The molecule has 1 rings (SSSR count). The van der Waals surface area contributed by atoms with Crippen molar-refractivity contribution in [2.24, 2.45) is 5.41 Å². The van der Waals surface area contributed by atoms with Crippen molar-refractivity contribution in [3.8, 4) is 5.75 Å². The molecule has 0 saturated carbocycles. The lowest BCUT2D eigenvalue weighted by Gasteiger charge is -2.25. The minimum atomic E-state index is -4.39. The normalized spacial score (nSPS) is 14.4. The van der Waals surface area contributed by atoms with Crippen LogP contribution in [-0.4, -0.2) is 17.8 Å². The van der Waals surface area contributed by atoms with Crippen molar-refractivity contribution < 1.29 is 23.0 Å². The second-order valence-corrected chi connectivity index (χ2v) is 5.22. The van der Waals surface area contributed by atoms with Gasteiger partial charge in [-0.25, -0.2) is 0 Å². The largest absolute Gasteiger partial charge is 0.491 e. The number of benzene rings is 1. The van der Waals surface area contributed by atoms with Gasteiger partial charge in [0.1, 0.15) is 12.4 Å². The van der Waals surface area contributed by atoms with E-state index in [0.717, 1.165) is 12.1 Å². The van der Waals surface area contributed by atoms with E-state index in [1.54, 1.807) is 0 Å². The lowest BCUT2D eigenvalue weighted by Crippen LogP contribution is -2.31. The zero-order valence-corrected chi connectivity index (χ0v) is 10.6. The number of alkyl halides is 3. The number of aliphatic hydroxyl groups is 1. The van der Waals surface area contributed by atoms with E-state index in [1.165, 1.54) is 12.1 Å². The maximum atomic E-state index is 12.5. The van der Waals surface area contributed by atoms with Gasteiger partial charge in [0, 0.05) is 0 Å². The molecule has 0 aliphatic rings. The summed E-state index contributed by atoms with van der Waals surface area (Å²) in [7, 11) is 0. The van der Waals surface area contributed by atoms with Crippen LogP contribution in [-0.2, 0) is 6.18 Å². The van der Waals surface area contributed by atoms with Crippen LogP contribution >= 0.6 is 0 Å². The van der Waals surface area contributed by atoms with Crippen molar-refractivity contribution in [1.82, 2.24) is 0 Å². The summed E-state index contributed by atoms with van der Waals surface area (Å²) in [5, 5.41) is 9.73. The number of hydrogen-bond acceptors (Lipinski definition) is 2. The van der Waals surface area contributed by atoms with Gasteiger partial charge in [-0.15, -0.1) is 0 Å². The van der Waals surface area contributed by atoms with Gasteiger partial charge in [-0.1, -0.05) is 26.8 Å². The summed E-state index contributed by atoms with van der Waals surface area (Å²) in [6.45, 7) is 5.44. The average Bonchev–Trinajstić information content (AvgIpc) is 2.23. The fourth-order valence-electron chi connectivity index (χ4n) is 1.19. The zero-order chi connectivity index (χ0) is 14.0. The maximum absolute atomic E-state index is 12.5. The number of halogens is 3. The van der Waals surface area contributed by atoms with Crippen LogP contribution in [0.25, 0.3) is 0 Å². The van der Waals surface area contributed by atoms with Crippen molar-refractivity contribution >= 4 is 0 Å². The fourth-order valence-corrected chi connectivity index (χ4v) is 1.19. The molecule has 0 spiro atoms. The number of hydrogen-bond donors (Lipinski definition) is 1. The quantitative estimate of drug-likeness (QED) is 0.903. The van der Waals surface area contributed by atoms with Gasteiger partial charge in [0.05, 0.1) is 11.7 Å². The van der Waals surface area contributed by atoms with Crippen molar-refractivity contribution in [3.05, 3.63) is 29.8 Å². The summed E-state index contributed by atoms with van der Waals surface area (Å²) in [5.74, 6) is 0.105. The van der Waals surface area contributed by atoms with Crippen molar-refractivity contribution in [3.63, 3.8) is 0 Å². The van der Waals surface area contributed by atoms with E-state index in [1.807, 2.05) is 20.8 Å². The van der Waals surface area contributed by atoms with Crippen molar-refractivity contribution in [2.75, 3.05) is 6.61 Å². The Bertz CT molecular complexity index is 394. The molecule has 1 N–H and O–H groups in total. The molecule has 0 radical (unpaired) electrons. The molecular weight excluding hydrogens is 245 g/mol. The molecule has 1 atom stereocenters. The Hall–Kier alpha value is -1.23. The lowest BCUT2D eigenvalue weighted by molar-refractivity contribution is -0.137. The Morgan fingerprint density at radius 3 is 2.33 bits per heavy atom. The monoisotopic (exact) mass is 262 g/mol. The molecule has 1 unspecified atom stereocenters. The molecule has 0 heterocycles. The molecule has 5 heteroatoms. The first-order chi connectivity index (χ1) is 8.10. The first-order valence-electron chi connectivity index (χ1n) is 5.59. The predicted molar refractivity (Wildman–Crippen MR) is 62.4 cm³/mol. The van der Waals surface area contributed by atoms with Crippen LogP contribution in [0, 0.1) is 5.41 Å². The third-order valence-electron chi connectivity index (χ3n) is 2.57. The highest BCUT2D eigenvalue weighted by atomic mass is 19.4. The molecule has 0 amide bonds. The fraction of sp³-hybridized carbons (Fsp3) is 0.538. The number of ether oxygens (including phenoxy) is 1. The molecule has 1 aromatic rings. The van der Waals surface area contributed by atoms with Gasteiger partial charge in [-0.2, -0.15) is 13.2 Å². The second kappa shape index (κ2) is 5.18. The van der Waals surface area contributed by atoms with Gasteiger partial charge in [-0.3, -0.25) is 0 Å². The van der Waals surface area contributed by atoms with Gasteiger partial charge in [0.15, 0.2) is 0 Å². The first kappa shape index (κ1) is 14.8. The van der Waals surface area contributed by atoms with Crippen LogP contribution in [0.3, 0.4) is 0 Å². The van der Waals surface area contributed by atoms with Crippen LogP contribution in [0.15, 0.2) is 24.3 Å². The molecule has 0 bridgehead atoms. The summed E-state index contributed by atoms with van der Waals surface area (Å²) in [4.78, 5) is 0. The zero-order valence-electron chi connectivity index (χ0n) is 10.6. The second-order valence-electron chi connectivity index (χ2n) is 5.22. The molecule has 0 fully saturated rings. The molecule has 0 aromatic heterocycles. The number of rotatable bonds is 3. The molecule has 2 nitrogen and oxygen atoms in total. The van der Waals surface area contributed by atoms with Crippen LogP contribution in [0.5, 0.6) is 5.75 Å². The highest BCUT2D eigenvalue weighted by Gasteiger charge is 2.30. The van der Waals surface area contributed by atoms with Gasteiger partial charge in [0.25, 0.3) is 0 Å². The van der Waals surface area contributed by atoms with E-state index >= 15 is 0 Å². The van der Waals surface area contributed by atoms with E-state index in [4.69, 9.17) is 4.74 Å². The van der Waals surface area contributed by atoms with Crippen molar-refractivity contribution in [2.45, 2.75) is 33.1 Å². The average molecular weight is 262 g/mol. The summed E-state index contributed by atoms with van der Waals surface area (Å²) < 4.78 is 42.5. The van der Waals surface area contributed by atoms with Gasteiger partial charge in [0.2, 0.25) is 0 Å². The van der Waals surface area contributed by atoms with Gasteiger partial charge < -0.3 is 9.84 Å². The van der Waals surface area contributed by atoms with Gasteiger partial charge >= 0.3 is 6.18 Å². The van der Waals surface area contributed by atoms with Crippen LogP contribution < -0.4 is 4.74 Å². The summed E-state index contributed by atoms with van der Waals surface area (Å²) in [6, 6.07) is 4.62. The Kier molecular flexibility index (Phi) is 4.27. The number of aliphatic hydroxyl groups excluding tert-OH is 1. The minimum Gasteiger partial charge on any atom is -0.491 e. The van der Waals surface area contributed by atoms with Crippen LogP contribution in [0.1, 0.15) is 26.3 Å². The highest BCUT2D eigenvalue weighted by molar-refractivity contribution is 5.30. The van der Waals surface area contributed by atoms with E-state index in [0.29, 0.717) is 0 Å². The Morgan fingerprint density at radius 2 is 1.83 bits per heavy atom.